The Labute approximate surface area is 162 Å². The molecule has 0 spiro atoms. The fourth-order valence-corrected chi connectivity index (χ4v) is 2.33. The molecule has 28 heavy (non-hydrogen) atoms. The van der Waals surface area contributed by atoms with Gasteiger partial charge in [-0.2, -0.15) is 5.10 Å². The molecule has 0 unspecified atom stereocenters. The van der Waals surface area contributed by atoms with Crippen molar-refractivity contribution >= 4 is 24.1 Å². The Balaban J connectivity index is 1.77. The Morgan fingerprint density at radius 2 is 1.46 bits per heavy atom. The Morgan fingerprint density at radius 1 is 0.821 bits per heavy atom. The molecule has 3 aromatic rings. The first-order chi connectivity index (χ1) is 13.7. The van der Waals surface area contributed by atoms with Crippen LogP contribution >= 0.6 is 0 Å². The lowest BCUT2D eigenvalue weighted by Gasteiger charge is -2.09. The van der Waals surface area contributed by atoms with Gasteiger partial charge in [-0.25, -0.2) is 5.43 Å². The standard InChI is InChI=1S/C22H18N4O2/c27-21(19-9-5-2-6-10-19)25-20(15-17-7-3-1-4-8-17)22(28)26-24-16-18-11-13-23-14-12-18/h1-16H,(H,25,27)(H,26,28)/b20-15-,24-16-. The number of nitrogens with zero attached hydrogens (tertiary/aromatic N) is 2. The molecule has 3 rings (SSSR count). The van der Waals surface area contributed by atoms with E-state index in [2.05, 4.69) is 20.8 Å². The van der Waals surface area contributed by atoms with Gasteiger partial charge in [0.2, 0.25) is 0 Å². The number of nitrogens with one attached hydrogen (secondary N) is 2. The third-order valence-electron chi connectivity index (χ3n) is 3.73. The van der Waals surface area contributed by atoms with Crippen LogP contribution in [0.15, 0.2) is 96.0 Å². The van der Waals surface area contributed by atoms with Crippen LogP contribution in [-0.4, -0.2) is 23.0 Å². The van der Waals surface area contributed by atoms with E-state index in [9.17, 15) is 9.59 Å². The summed E-state index contributed by atoms with van der Waals surface area (Å²) >= 11 is 0. The van der Waals surface area contributed by atoms with Crippen LogP contribution in [0, 0.1) is 0 Å². The molecule has 0 bridgehead atoms. The van der Waals surface area contributed by atoms with E-state index in [1.54, 1.807) is 54.9 Å². The molecule has 138 valence electrons. The third-order valence-corrected chi connectivity index (χ3v) is 3.73. The van der Waals surface area contributed by atoms with E-state index in [1.165, 1.54) is 6.21 Å². The minimum atomic E-state index is -0.529. The predicted molar refractivity (Wildman–Crippen MR) is 108 cm³/mol. The number of carbonyl (C=O) groups excluding carboxylic acids is 2. The molecule has 0 aliphatic rings. The van der Waals surface area contributed by atoms with Gasteiger partial charge in [0, 0.05) is 18.0 Å². The molecule has 0 saturated heterocycles. The molecular weight excluding hydrogens is 352 g/mol. The van der Waals surface area contributed by atoms with Crippen LogP contribution in [-0.2, 0) is 4.79 Å². The van der Waals surface area contributed by atoms with E-state index in [4.69, 9.17) is 0 Å². The molecule has 2 N–H and O–H groups in total. The molecule has 0 saturated carbocycles. The summed E-state index contributed by atoms with van der Waals surface area (Å²) in [6, 6.07) is 21.4. The van der Waals surface area contributed by atoms with Crippen molar-refractivity contribution < 1.29 is 9.59 Å². The van der Waals surface area contributed by atoms with Crippen LogP contribution in [0.4, 0.5) is 0 Å². The maximum Gasteiger partial charge on any atom is 0.287 e. The lowest BCUT2D eigenvalue weighted by molar-refractivity contribution is -0.117. The van der Waals surface area contributed by atoms with Gasteiger partial charge in [0.05, 0.1) is 6.21 Å². The second-order valence-electron chi connectivity index (χ2n) is 5.77. The van der Waals surface area contributed by atoms with Crippen molar-refractivity contribution in [2.45, 2.75) is 0 Å². The van der Waals surface area contributed by atoms with Crippen LogP contribution in [0.3, 0.4) is 0 Å². The Bertz CT molecular complexity index is 985. The van der Waals surface area contributed by atoms with Crippen LogP contribution in [0.5, 0.6) is 0 Å². The lowest BCUT2D eigenvalue weighted by Crippen LogP contribution is -2.32. The van der Waals surface area contributed by atoms with Gasteiger partial charge in [0.15, 0.2) is 0 Å². The summed E-state index contributed by atoms with van der Waals surface area (Å²) in [5.74, 6) is -0.908. The quantitative estimate of drug-likeness (QED) is 0.397. The summed E-state index contributed by atoms with van der Waals surface area (Å²) in [5.41, 5.74) is 4.54. The topological polar surface area (TPSA) is 83.4 Å². The zero-order valence-corrected chi connectivity index (χ0v) is 14.9. The molecular formula is C22H18N4O2. The number of hydrogen-bond donors (Lipinski definition) is 2. The van der Waals surface area contributed by atoms with E-state index in [1.807, 2.05) is 36.4 Å². The van der Waals surface area contributed by atoms with Crippen LogP contribution in [0.25, 0.3) is 6.08 Å². The van der Waals surface area contributed by atoms with Gasteiger partial charge in [0.25, 0.3) is 11.8 Å². The highest BCUT2D eigenvalue weighted by Crippen LogP contribution is 2.07. The normalized spacial score (nSPS) is 11.2. The zero-order valence-electron chi connectivity index (χ0n) is 14.9. The van der Waals surface area contributed by atoms with Crippen molar-refractivity contribution in [3.63, 3.8) is 0 Å². The molecule has 0 radical (unpaired) electrons. The van der Waals surface area contributed by atoms with Crippen molar-refractivity contribution in [1.29, 1.82) is 0 Å². The minimum absolute atomic E-state index is 0.0898. The van der Waals surface area contributed by atoms with Crippen LogP contribution < -0.4 is 10.7 Å². The highest BCUT2D eigenvalue weighted by molar-refractivity contribution is 6.05. The smallest absolute Gasteiger partial charge is 0.287 e. The van der Waals surface area contributed by atoms with Gasteiger partial charge in [-0.15, -0.1) is 0 Å². The van der Waals surface area contributed by atoms with Crippen molar-refractivity contribution in [2.75, 3.05) is 0 Å². The number of rotatable bonds is 6. The van der Waals surface area contributed by atoms with E-state index in [0.29, 0.717) is 5.56 Å². The fourth-order valence-electron chi connectivity index (χ4n) is 2.33. The lowest BCUT2D eigenvalue weighted by atomic mass is 10.1. The first-order valence-corrected chi connectivity index (χ1v) is 8.59. The molecule has 1 aromatic heterocycles. The number of amides is 2. The summed E-state index contributed by atoms with van der Waals surface area (Å²) in [5, 5.41) is 6.60. The van der Waals surface area contributed by atoms with Gasteiger partial charge >= 0.3 is 0 Å². The highest BCUT2D eigenvalue weighted by Gasteiger charge is 2.14. The van der Waals surface area contributed by atoms with E-state index < -0.39 is 5.91 Å². The van der Waals surface area contributed by atoms with Crippen molar-refractivity contribution in [2.24, 2.45) is 5.10 Å². The van der Waals surface area contributed by atoms with Crippen molar-refractivity contribution in [3.05, 3.63) is 108 Å². The zero-order chi connectivity index (χ0) is 19.6. The summed E-state index contributed by atoms with van der Waals surface area (Å²) in [6.45, 7) is 0. The van der Waals surface area contributed by atoms with Crippen molar-refractivity contribution in [1.82, 2.24) is 15.7 Å². The number of hydrogen-bond acceptors (Lipinski definition) is 4. The van der Waals surface area contributed by atoms with Gasteiger partial charge in [-0.1, -0.05) is 48.5 Å². The second kappa shape index (κ2) is 9.59. The van der Waals surface area contributed by atoms with E-state index in [-0.39, 0.29) is 11.6 Å². The Hall–Kier alpha value is -4.06. The Morgan fingerprint density at radius 3 is 2.14 bits per heavy atom. The molecule has 1 heterocycles. The molecule has 0 aliphatic carbocycles. The van der Waals surface area contributed by atoms with E-state index in [0.717, 1.165) is 11.1 Å². The van der Waals surface area contributed by atoms with Gasteiger partial charge < -0.3 is 5.32 Å². The van der Waals surface area contributed by atoms with E-state index >= 15 is 0 Å². The first-order valence-electron chi connectivity index (χ1n) is 8.59. The SMILES string of the molecule is O=C(N/N=C\c1ccncc1)/C(=C/c1ccccc1)NC(=O)c1ccccc1. The van der Waals surface area contributed by atoms with Crippen LogP contribution in [0.2, 0.25) is 0 Å². The third kappa shape index (κ3) is 5.47. The molecule has 2 amide bonds. The summed E-state index contributed by atoms with van der Waals surface area (Å²) < 4.78 is 0. The second-order valence-corrected chi connectivity index (χ2v) is 5.77. The predicted octanol–water partition coefficient (Wildman–Crippen LogP) is 3.00. The average Bonchev–Trinajstić information content (AvgIpc) is 2.75. The first kappa shape index (κ1) is 18.7. The monoisotopic (exact) mass is 370 g/mol. The number of benzene rings is 2. The highest BCUT2D eigenvalue weighted by atomic mass is 16.2. The number of hydrazone groups is 1. The molecule has 0 aliphatic heterocycles. The Kier molecular flexibility index (Phi) is 6.41. The van der Waals surface area contributed by atoms with Crippen LogP contribution in [0.1, 0.15) is 21.5 Å². The van der Waals surface area contributed by atoms with Gasteiger partial charge in [-0.3, -0.25) is 14.6 Å². The molecule has 6 heteroatoms. The fraction of sp³-hybridized carbons (Fsp3) is 0. The maximum atomic E-state index is 12.6. The average molecular weight is 370 g/mol. The van der Waals surface area contributed by atoms with Gasteiger partial charge in [0.1, 0.15) is 5.70 Å². The number of carbonyl (C=O) groups is 2. The van der Waals surface area contributed by atoms with Crippen molar-refractivity contribution in [3.8, 4) is 0 Å². The maximum absolute atomic E-state index is 12.6. The van der Waals surface area contributed by atoms with Gasteiger partial charge in [-0.05, 0) is 41.5 Å². The summed E-state index contributed by atoms with van der Waals surface area (Å²) in [4.78, 5) is 29.0. The summed E-state index contributed by atoms with van der Waals surface area (Å²) in [6.07, 6.45) is 6.35. The number of aromatic nitrogens is 1. The molecule has 0 atom stereocenters. The minimum Gasteiger partial charge on any atom is -0.317 e. The molecule has 0 fully saturated rings. The number of pyridine rings is 1. The molecule has 2 aromatic carbocycles. The summed E-state index contributed by atoms with van der Waals surface area (Å²) in [7, 11) is 0. The molecule has 6 nitrogen and oxygen atoms in total. The largest absolute Gasteiger partial charge is 0.317 e.